The Bertz CT molecular complexity index is 994. The number of hydrogen-bond donors (Lipinski definition) is 1. The molecule has 1 atom stereocenters. The van der Waals surface area contributed by atoms with Gasteiger partial charge in [0.05, 0.1) is 0 Å². The maximum Gasteiger partial charge on any atom is 0.251 e. The van der Waals surface area contributed by atoms with Gasteiger partial charge in [-0.25, -0.2) is 0 Å². The van der Waals surface area contributed by atoms with Gasteiger partial charge >= 0.3 is 0 Å². The van der Waals surface area contributed by atoms with Crippen molar-refractivity contribution in [3.05, 3.63) is 101 Å². The third-order valence-corrected chi connectivity index (χ3v) is 6.46. The summed E-state index contributed by atoms with van der Waals surface area (Å²) in [5, 5.41) is 3.03. The smallest absolute Gasteiger partial charge is 0.251 e. The Kier molecular flexibility index (Phi) is 8.15. The molecule has 0 aromatic heterocycles. The van der Waals surface area contributed by atoms with Crippen LogP contribution in [0.5, 0.6) is 5.75 Å². The number of piperidine rings is 1. The molecule has 4 rings (SSSR count). The Morgan fingerprint density at radius 1 is 0.879 bits per heavy atom. The fraction of sp³-hybridized carbons (Fsp3) is 0.345. The van der Waals surface area contributed by atoms with Crippen LogP contribution in [0.25, 0.3) is 0 Å². The number of likely N-dealkylation sites (tertiary alicyclic amines) is 1. The van der Waals surface area contributed by atoms with Crippen molar-refractivity contribution in [3.8, 4) is 5.75 Å². The van der Waals surface area contributed by atoms with Crippen LogP contribution < -0.4 is 10.1 Å². The molecule has 172 valence electrons. The van der Waals surface area contributed by atoms with Crippen LogP contribution in [0.4, 0.5) is 0 Å². The predicted octanol–water partition coefficient (Wildman–Crippen LogP) is 5.79. The zero-order chi connectivity index (χ0) is 22.9. The van der Waals surface area contributed by atoms with E-state index in [0.717, 1.165) is 17.7 Å². The van der Waals surface area contributed by atoms with Crippen LogP contribution >= 0.6 is 0 Å². The van der Waals surface area contributed by atoms with Crippen molar-refractivity contribution in [3.63, 3.8) is 0 Å². The summed E-state index contributed by atoms with van der Waals surface area (Å²) >= 11 is 0. The summed E-state index contributed by atoms with van der Waals surface area (Å²) in [6, 6.07) is 26.7. The first-order valence-electron chi connectivity index (χ1n) is 12.1. The maximum absolute atomic E-state index is 12.5. The third kappa shape index (κ3) is 6.69. The van der Waals surface area contributed by atoms with Gasteiger partial charge < -0.3 is 10.1 Å². The molecule has 1 heterocycles. The number of rotatable bonds is 9. The van der Waals surface area contributed by atoms with Crippen molar-refractivity contribution >= 4 is 5.91 Å². The highest BCUT2D eigenvalue weighted by atomic mass is 16.5. The van der Waals surface area contributed by atoms with E-state index in [4.69, 9.17) is 4.74 Å². The molecule has 33 heavy (non-hydrogen) atoms. The zero-order valence-corrected chi connectivity index (χ0v) is 19.5. The van der Waals surface area contributed by atoms with Crippen LogP contribution in [-0.2, 0) is 13.0 Å². The molecule has 3 aromatic carbocycles. The van der Waals surface area contributed by atoms with Crippen LogP contribution in [-0.4, -0.2) is 30.4 Å². The summed E-state index contributed by atoms with van der Waals surface area (Å²) in [7, 11) is 0. The minimum absolute atomic E-state index is 0.0556. The fourth-order valence-corrected chi connectivity index (χ4v) is 4.35. The van der Waals surface area contributed by atoms with Crippen molar-refractivity contribution < 1.29 is 9.53 Å². The van der Waals surface area contributed by atoms with E-state index in [1.54, 1.807) is 0 Å². The lowest BCUT2D eigenvalue weighted by atomic mass is 10.0. The van der Waals surface area contributed by atoms with E-state index in [2.05, 4.69) is 41.4 Å². The maximum atomic E-state index is 12.5. The average molecular weight is 443 g/mol. The van der Waals surface area contributed by atoms with E-state index in [0.29, 0.717) is 24.8 Å². The lowest BCUT2D eigenvalue weighted by Gasteiger charge is -2.32. The molecule has 0 spiro atoms. The van der Waals surface area contributed by atoms with Crippen LogP contribution in [0.3, 0.4) is 0 Å². The summed E-state index contributed by atoms with van der Waals surface area (Å²) in [5.41, 5.74) is 4.38. The molecule has 1 unspecified atom stereocenters. The standard InChI is InChI=1S/C29H34N2O2/c1-23(31-20-6-3-7-21-31)26-12-10-24(11-13-26)18-19-30-29(32)27-14-16-28(17-15-27)33-22-25-8-4-2-5-9-25/h2,4-5,8-17,23H,3,6-7,18-22H2,1H3,(H,30,32). The highest BCUT2D eigenvalue weighted by Gasteiger charge is 2.17. The quantitative estimate of drug-likeness (QED) is 0.456. The highest BCUT2D eigenvalue weighted by Crippen LogP contribution is 2.24. The second-order valence-corrected chi connectivity index (χ2v) is 8.82. The lowest BCUT2D eigenvalue weighted by molar-refractivity contribution is 0.0954. The number of benzene rings is 3. The van der Waals surface area contributed by atoms with Gasteiger partial charge in [-0.1, -0.05) is 61.0 Å². The Balaban J connectivity index is 1.21. The van der Waals surface area contributed by atoms with Crippen molar-refractivity contribution in [2.24, 2.45) is 0 Å². The summed E-state index contributed by atoms with van der Waals surface area (Å²) in [5.74, 6) is 0.703. The van der Waals surface area contributed by atoms with Gasteiger partial charge in [0.15, 0.2) is 0 Å². The second-order valence-electron chi connectivity index (χ2n) is 8.82. The molecule has 4 heteroatoms. The van der Waals surface area contributed by atoms with E-state index in [1.807, 2.05) is 54.6 Å². The van der Waals surface area contributed by atoms with Crippen LogP contribution in [0, 0.1) is 0 Å². The Morgan fingerprint density at radius 3 is 2.27 bits per heavy atom. The van der Waals surface area contributed by atoms with E-state index in [9.17, 15) is 4.79 Å². The Morgan fingerprint density at radius 2 is 1.58 bits per heavy atom. The van der Waals surface area contributed by atoms with Gasteiger partial charge in [-0.3, -0.25) is 9.69 Å². The fourth-order valence-electron chi connectivity index (χ4n) is 4.35. The Hall–Kier alpha value is -3.11. The largest absolute Gasteiger partial charge is 0.489 e. The number of ether oxygens (including phenoxy) is 1. The summed E-state index contributed by atoms with van der Waals surface area (Å²) in [4.78, 5) is 15.1. The van der Waals surface area contributed by atoms with Crippen molar-refractivity contribution in [1.82, 2.24) is 10.2 Å². The first-order valence-corrected chi connectivity index (χ1v) is 12.1. The normalized spacial score (nSPS) is 15.1. The SMILES string of the molecule is CC(c1ccc(CCNC(=O)c2ccc(OCc3ccccc3)cc2)cc1)N1CCCCC1. The molecule has 0 saturated carbocycles. The third-order valence-electron chi connectivity index (χ3n) is 6.46. The number of amides is 1. The monoisotopic (exact) mass is 442 g/mol. The van der Waals surface area contributed by atoms with Crippen LogP contribution in [0.2, 0.25) is 0 Å². The lowest BCUT2D eigenvalue weighted by Crippen LogP contribution is -2.32. The van der Waals surface area contributed by atoms with E-state index >= 15 is 0 Å². The molecule has 1 amide bonds. The van der Waals surface area contributed by atoms with E-state index < -0.39 is 0 Å². The number of hydrogen-bond acceptors (Lipinski definition) is 3. The van der Waals surface area contributed by atoms with Crippen molar-refractivity contribution in [1.29, 1.82) is 0 Å². The van der Waals surface area contributed by atoms with Gasteiger partial charge in [-0.05, 0) is 80.2 Å². The zero-order valence-electron chi connectivity index (χ0n) is 19.5. The predicted molar refractivity (Wildman–Crippen MR) is 134 cm³/mol. The Labute approximate surface area is 197 Å². The molecule has 4 nitrogen and oxygen atoms in total. The van der Waals surface area contributed by atoms with Crippen molar-refractivity contribution in [2.45, 2.75) is 45.3 Å². The van der Waals surface area contributed by atoms with Gasteiger partial charge in [-0.2, -0.15) is 0 Å². The van der Waals surface area contributed by atoms with Gasteiger partial charge in [0.25, 0.3) is 5.91 Å². The van der Waals surface area contributed by atoms with Gasteiger partial charge in [0.2, 0.25) is 0 Å². The van der Waals surface area contributed by atoms with Gasteiger partial charge in [0, 0.05) is 18.2 Å². The molecule has 1 aliphatic heterocycles. The van der Waals surface area contributed by atoms with Crippen LogP contribution in [0.1, 0.15) is 59.3 Å². The molecular weight excluding hydrogens is 408 g/mol. The molecule has 0 radical (unpaired) electrons. The van der Waals surface area contributed by atoms with Crippen molar-refractivity contribution in [2.75, 3.05) is 19.6 Å². The molecule has 1 saturated heterocycles. The van der Waals surface area contributed by atoms with Gasteiger partial charge in [0.1, 0.15) is 12.4 Å². The number of carbonyl (C=O) groups is 1. The molecule has 1 N–H and O–H groups in total. The molecule has 0 aliphatic carbocycles. The molecule has 3 aromatic rings. The first kappa shape index (κ1) is 23.1. The minimum atomic E-state index is -0.0556. The number of nitrogens with one attached hydrogen (secondary N) is 1. The first-order chi connectivity index (χ1) is 16.2. The summed E-state index contributed by atoms with van der Waals surface area (Å²) in [6.07, 6.45) is 4.81. The van der Waals surface area contributed by atoms with Crippen LogP contribution in [0.15, 0.2) is 78.9 Å². The molecule has 1 aliphatic rings. The topological polar surface area (TPSA) is 41.6 Å². The minimum Gasteiger partial charge on any atom is -0.489 e. The molecular formula is C29H34N2O2. The second kappa shape index (κ2) is 11.7. The molecule has 1 fully saturated rings. The summed E-state index contributed by atoms with van der Waals surface area (Å²) < 4.78 is 5.80. The number of nitrogens with zero attached hydrogens (tertiary/aromatic N) is 1. The summed E-state index contributed by atoms with van der Waals surface area (Å²) in [6.45, 7) is 5.84. The van der Waals surface area contributed by atoms with Gasteiger partial charge in [-0.15, -0.1) is 0 Å². The number of carbonyl (C=O) groups excluding carboxylic acids is 1. The van der Waals surface area contributed by atoms with E-state index in [-0.39, 0.29) is 5.91 Å². The molecule has 0 bridgehead atoms. The average Bonchev–Trinajstić information content (AvgIpc) is 2.89. The van der Waals surface area contributed by atoms with E-state index in [1.165, 1.54) is 43.5 Å². The highest BCUT2D eigenvalue weighted by molar-refractivity contribution is 5.94.